The topological polar surface area (TPSA) is 130 Å². The predicted octanol–water partition coefficient (Wildman–Crippen LogP) is 2.85. The molecule has 1 aromatic carbocycles. The van der Waals surface area contributed by atoms with Gasteiger partial charge in [0.05, 0.1) is 5.69 Å². The highest BCUT2D eigenvalue weighted by Crippen LogP contribution is 2.50. The van der Waals surface area contributed by atoms with Crippen LogP contribution in [0.15, 0.2) is 46.2 Å². The molecule has 4 aromatic rings. The van der Waals surface area contributed by atoms with Crippen LogP contribution in [0.5, 0.6) is 0 Å². The summed E-state index contributed by atoms with van der Waals surface area (Å²) in [5.74, 6) is 1.02. The second kappa shape index (κ2) is 7.14. The van der Waals surface area contributed by atoms with Crippen LogP contribution in [0.3, 0.4) is 0 Å². The number of aryl methyl sites for hydroxylation is 1. The summed E-state index contributed by atoms with van der Waals surface area (Å²) < 4.78 is 5.28. The molecule has 0 saturated carbocycles. The van der Waals surface area contributed by atoms with Gasteiger partial charge in [0, 0.05) is 30.8 Å². The molecule has 4 N–H and O–H groups in total. The van der Waals surface area contributed by atoms with Crippen molar-refractivity contribution >= 4 is 22.6 Å². The quantitative estimate of drug-likeness (QED) is 0.444. The minimum Gasteiger partial charge on any atom is -0.356 e. The molecule has 9 nitrogen and oxygen atoms in total. The van der Waals surface area contributed by atoms with Crippen molar-refractivity contribution in [3.05, 3.63) is 75.5 Å². The molecule has 1 spiro atoms. The first kappa shape index (κ1) is 19.9. The summed E-state index contributed by atoms with van der Waals surface area (Å²) in [5, 5.41) is 11.4. The largest absolute Gasteiger partial charge is 0.356 e. The van der Waals surface area contributed by atoms with Gasteiger partial charge in [-0.25, -0.2) is 0 Å². The van der Waals surface area contributed by atoms with Crippen molar-refractivity contribution in [2.75, 3.05) is 18.0 Å². The first-order valence-corrected chi connectivity index (χ1v) is 11.1. The minimum absolute atomic E-state index is 0.0474. The van der Waals surface area contributed by atoms with E-state index in [-0.39, 0.29) is 17.0 Å². The third-order valence-corrected chi connectivity index (χ3v) is 7.28. The van der Waals surface area contributed by atoms with Crippen LogP contribution in [-0.4, -0.2) is 38.4 Å². The number of benzene rings is 1. The zero-order valence-corrected chi connectivity index (χ0v) is 18.4. The molecule has 1 saturated heterocycles. The lowest BCUT2D eigenvalue weighted by Crippen LogP contribution is -2.45. The van der Waals surface area contributed by atoms with E-state index in [1.54, 1.807) is 6.07 Å². The third kappa shape index (κ3) is 3.03. The van der Waals surface area contributed by atoms with Crippen molar-refractivity contribution in [3.63, 3.8) is 0 Å². The molecule has 168 valence electrons. The van der Waals surface area contributed by atoms with Crippen LogP contribution in [0.1, 0.15) is 47.2 Å². The summed E-state index contributed by atoms with van der Waals surface area (Å²) in [6.07, 6.45) is 2.90. The highest BCUT2D eigenvalue weighted by Gasteiger charge is 2.46. The van der Waals surface area contributed by atoms with E-state index < -0.39 is 0 Å². The van der Waals surface area contributed by atoms with Crippen molar-refractivity contribution in [3.8, 4) is 0 Å². The number of rotatable bonds is 3. The third-order valence-electron chi connectivity index (χ3n) is 7.28. The minimum atomic E-state index is -0.263. The summed E-state index contributed by atoms with van der Waals surface area (Å²) in [7, 11) is 0. The molecule has 0 bridgehead atoms. The molecule has 0 unspecified atom stereocenters. The average molecular weight is 444 g/mol. The van der Waals surface area contributed by atoms with E-state index in [4.69, 9.17) is 10.3 Å². The predicted molar refractivity (Wildman–Crippen MR) is 125 cm³/mol. The van der Waals surface area contributed by atoms with Gasteiger partial charge in [-0.15, -0.1) is 0 Å². The maximum atomic E-state index is 13.0. The zero-order valence-electron chi connectivity index (χ0n) is 18.4. The Hall–Kier alpha value is -3.72. The molecular formula is C24H25N7O2. The first-order valence-electron chi connectivity index (χ1n) is 11.1. The van der Waals surface area contributed by atoms with E-state index in [1.165, 1.54) is 11.1 Å². The summed E-state index contributed by atoms with van der Waals surface area (Å²) in [6, 6.07) is 10.3. The number of anilines is 1. The molecule has 1 atom stereocenters. The Balaban J connectivity index is 1.26. The number of nitrogens with one attached hydrogen (secondary N) is 2. The number of fused-ring (bicyclic) bond motifs is 2. The van der Waals surface area contributed by atoms with Crippen molar-refractivity contribution in [1.82, 2.24) is 25.3 Å². The first-order chi connectivity index (χ1) is 15.9. The number of aromatic amines is 2. The van der Waals surface area contributed by atoms with Crippen LogP contribution < -0.4 is 16.2 Å². The van der Waals surface area contributed by atoms with Crippen LogP contribution in [0.25, 0.3) is 16.6 Å². The lowest BCUT2D eigenvalue weighted by molar-refractivity contribution is 0.187. The number of nitrogens with zero attached hydrogens (tertiary/aromatic N) is 4. The van der Waals surface area contributed by atoms with Crippen molar-refractivity contribution < 1.29 is 4.52 Å². The van der Waals surface area contributed by atoms with Crippen molar-refractivity contribution in [2.45, 2.75) is 32.2 Å². The Morgan fingerprint density at radius 1 is 1.30 bits per heavy atom. The van der Waals surface area contributed by atoms with Gasteiger partial charge in [-0.2, -0.15) is 10.1 Å². The lowest BCUT2D eigenvalue weighted by Gasteiger charge is -2.42. The van der Waals surface area contributed by atoms with Gasteiger partial charge in [-0.05, 0) is 42.7 Å². The van der Waals surface area contributed by atoms with Gasteiger partial charge in [0.1, 0.15) is 11.1 Å². The molecule has 1 fully saturated rings. The summed E-state index contributed by atoms with van der Waals surface area (Å²) >= 11 is 0. The molecule has 33 heavy (non-hydrogen) atoms. The summed E-state index contributed by atoms with van der Waals surface area (Å²) in [4.78, 5) is 22.8. The van der Waals surface area contributed by atoms with Gasteiger partial charge in [0.2, 0.25) is 5.95 Å². The number of hydrogen-bond donors (Lipinski definition) is 3. The monoisotopic (exact) mass is 443 g/mol. The number of nitrogens with two attached hydrogens (primary N) is 1. The smallest absolute Gasteiger partial charge is 0.264 e. The molecule has 2 aliphatic rings. The molecule has 0 amide bonds. The van der Waals surface area contributed by atoms with Crippen LogP contribution in [0.2, 0.25) is 0 Å². The van der Waals surface area contributed by atoms with E-state index >= 15 is 0 Å². The van der Waals surface area contributed by atoms with Gasteiger partial charge in [0.15, 0.2) is 11.4 Å². The SMILES string of the molecule is C=C(c1cc(C)no1)c1n[nH]c2nc(N3CCC4(CC3)Cc3ccccc3[C@H]4N)[nH]c(=O)c12. The second-order valence-electron chi connectivity index (χ2n) is 9.20. The Morgan fingerprint density at radius 2 is 2.09 bits per heavy atom. The number of H-pyrrole nitrogens is 2. The Morgan fingerprint density at radius 3 is 2.82 bits per heavy atom. The fourth-order valence-electron chi connectivity index (χ4n) is 5.39. The normalized spacial score (nSPS) is 19.3. The van der Waals surface area contributed by atoms with E-state index in [0.717, 1.165) is 38.0 Å². The van der Waals surface area contributed by atoms with Gasteiger partial charge in [-0.1, -0.05) is 36.0 Å². The van der Waals surface area contributed by atoms with Crippen molar-refractivity contribution in [1.29, 1.82) is 0 Å². The molecule has 1 aliphatic carbocycles. The van der Waals surface area contributed by atoms with E-state index in [1.807, 2.05) is 6.92 Å². The van der Waals surface area contributed by atoms with Crippen molar-refractivity contribution in [2.24, 2.45) is 11.1 Å². The molecule has 4 heterocycles. The second-order valence-corrected chi connectivity index (χ2v) is 9.20. The molecular weight excluding hydrogens is 418 g/mol. The van der Waals surface area contributed by atoms with Gasteiger partial charge < -0.3 is 15.2 Å². The van der Waals surface area contributed by atoms with Crippen LogP contribution >= 0.6 is 0 Å². The van der Waals surface area contributed by atoms with Crippen LogP contribution in [0.4, 0.5) is 5.95 Å². The van der Waals surface area contributed by atoms with E-state index in [9.17, 15) is 4.79 Å². The number of hydrogen-bond acceptors (Lipinski definition) is 7. The lowest BCUT2D eigenvalue weighted by atomic mass is 9.73. The Labute approximate surface area is 189 Å². The fourth-order valence-corrected chi connectivity index (χ4v) is 5.39. The zero-order chi connectivity index (χ0) is 22.7. The maximum Gasteiger partial charge on any atom is 0.264 e. The maximum absolute atomic E-state index is 13.0. The highest BCUT2D eigenvalue weighted by atomic mass is 16.5. The molecule has 3 aromatic heterocycles. The molecule has 0 radical (unpaired) electrons. The average Bonchev–Trinajstić information content (AvgIpc) is 3.51. The molecule has 6 rings (SSSR count). The highest BCUT2D eigenvalue weighted by molar-refractivity contribution is 5.91. The van der Waals surface area contributed by atoms with Gasteiger partial charge >= 0.3 is 0 Å². The van der Waals surface area contributed by atoms with Gasteiger partial charge in [-0.3, -0.25) is 14.9 Å². The summed E-state index contributed by atoms with van der Waals surface area (Å²) in [6.45, 7) is 7.41. The van der Waals surface area contributed by atoms with Crippen LogP contribution in [0, 0.1) is 12.3 Å². The van der Waals surface area contributed by atoms with E-state index in [2.05, 4.69) is 61.1 Å². The Kier molecular flexibility index (Phi) is 4.31. The number of aromatic nitrogens is 5. The molecule has 9 heteroatoms. The van der Waals surface area contributed by atoms with Crippen LogP contribution in [-0.2, 0) is 6.42 Å². The van der Waals surface area contributed by atoms with E-state index in [0.29, 0.717) is 34.0 Å². The standard InChI is InChI=1S/C24H25N7O2/c1-13-11-17(33-30-13)14(2)19-18-21(29-28-19)26-23(27-22(18)32)31-9-7-24(8-10-31)12-15-5-3-4-6-16(15)20(24)25/h3-6,11,20H,2,7-10,12,25H2,1H3,(H2,26,27,28,29,32)/t20-/m1/s1. The summed E-state index contributed by atoms with van der Waals surface area (Å²) in [5.41, 5.74) is 11.2. The fraction of sp³-hybridized carbons (Fsp3) is 0.333. The van der Waals surface area contributed by atoms with Gasteiger partial charge in [0.25, 0.3) is 5.56 Å². The number of piperidine rings is 1. The molecule has 1 aliphatic heterocycles. The Bertz CT molecular complexity index is 1440.